The molecule has 0 saturated carbocycles. The summed E-state index contributed by atoms with van der Waals surface area (Å²) in [4.78, 5) is 0. The van der Waals surface area contributed by atoms with Crippen LogP contribution in [0.15, 0.2) is 48.1 Å². The van der Waals surface area contributed by atoms with Crippen molar-refractivity contribution in [2.24, 2.45) is 5.92 Å². The molecular formula is C12H16. The fourth-order valence-electron chi connectivity index (χ4n) is 1.51. The highest BCUT2D eigenvalue weighted by atomic mass is 14.2. The maximum absolute atomic E-state index is 4.06. The molecule has 0 heterocycles. The Morgan fingerprint density at radius 2 is 2.42 bits per heavy atom. The van der Waals surface area contributed by atoms with Crippen molar-refractivity contribution in [2.75, 3.05) is 0 Å². The lowest BCUT2D eigenvalue weighted by atomic mass is 9.86. The second-order valence-electron chi connectivity index (χ2n) is 3.20. The van der Waals surface area contributed by atoms with Crippen LogP contribution in [0.3, 0.4) is 0 Å². The van der Waals surface area contributed by atoms with Gasteiger partial charge in [-0.05, 0) is 25.8 Å². The van der Waals surface area contributed by atoms with E-state index in [1.807, 2.05) is 13.0 Å². The van der Waals surface area contributed by atoms with E-state index < -0.39 is 0 Å². The maximum Gasteiger partial charge on any atom is 0.00771 e. The quantitative estimate of drug-likeness (QED) is 0.541. The SMILES string of the molecule is C=C(C=CC)C1CC=CC=C1C. The highest BCUT2D eigenvalue weighted by molar-refractivity contribution is 5.31. The molecule has 0 N–H and O–H groups in total. The summed E-state index contributed by atoms with van der Waals surface area (Å²) in [6, 6.07) is 0. The van der Waals surface area contributed by atoms with E-state index in [1.54, 1.807) is 0 Å². The number of rotatable bonds is 2. The van der Waals surface area contributed by atoms with Crippen molar-refractivity contribution in [3.63, 3.8) is 0 Å². The summed E-state index contributed by atoms with van der Waals surface area (Å²) in [5, 5.41) is 0. The van der Waals surface area contributed by atoms with Gasteiger partial charge in [0.05, 0.1) is 0 Å². The second kappa shape index (κ2) is 4.10. The van der Waals surface area contributed by atoms with Crippen LogP contribution < -0.4 is 0 Å². The predicted octanol–water partition coefficient (Wildman–Crippen LogP) is 3.64. The van der Waals surface area contributed by atoms with Gasteiger partial charge in [-0.3, -0.25) is 0 Å². The zero-order chi connectivity index (χ0) is 8.97. The molecule has 64 valence electrons. The van der Waals surface area contributed by atoms with Crippen molar-refractivity contribution < 1.29 is 0 Å². The summed E-state index contributed by atoms with van der Waals surface area (Å²) >= 11 is 0. The zero-order valence-corrected chi connectivity index (χ0v) is 7.88. The van der Waals surface area contributed by atoms with Crippen molar-refractivity contribution in [1.29, 1.82) is 0 Å². The molecular weight excluding hydrogens is 144 g/mol. The van der Waals surface area contributed by atoms with E-state index in [4.69, 9.17) is 0 Å². The van der Waals surface area contributed by atoms with E-state index in [9.17, 15) is 0 Å². The summed E-state index contributed by atoms with van der Waals surface area (Å²) in [7, 11) is 0. The maximum atomic E-state index is 4.06. The summed E-state index contributed by atoms with van der Waals surface area (Å²) in [5.74, 6) is 0.534. The Morgan fingerprint density at radius 3 is 3.00 bits per heavy atom. The number of allylic oxidation sites excluding steroid dienone is 7. The van der Waals surface area contributed by atoms with Gasteiger partial charge in [0.25, 0.3) is 0 Å². The van der Waals surface area contributed by atoms with Gasteiger partial charge in [0, 0.05) is 5.92 Å². The molecule has 0 fully saturated rings. The Bertz CT molecular complexity index is 251. The van der Waals surface area contributed by atoms with Gasteiger partial charge in [-0.2, -0.15) is 0 Å². The first kappa shape index (κ1) is 9.05. The van der Waals surface area contributed by atoms with Crippen molar-refractivity contribution >= 4 is 0 Å². The molecule has 0 nitrogen and oxygen atoms in total. The average Bonchev–Trinajstić information content (AvgIpc) is 2.05. The first-order valence-electron chi connectivity index (χ1n) is 4.40. The predicted molar refractivity (Wildman–Crippen MR) is 55.0 cm³/mol. The molecule has 0 bridgehead atoms. The Labute approximate surface area is 75.0 Å². The lowest BCUT2D eigenvalue weighted by molar-refractivity contribution is 0.736. The summed E-state index contributed by atoms with van der Waals surface area (Å²) < 4.78 is 0. The third-order valence-electron chi connectivity index (χ3n) is 2.24. The lowest BCUT2D eigenvalue weighted by Crippen LogP contribution is -2.04. The third-order valence-corrected chi connectivity index (χ3v) is 2.24. The summed E-state index contributed by atoms with van der Waals surface area (Å²) in [5.41, 5.74) is 2.64. The third kappa shape index (κ3) is 1.97. The summed E-state index contributed by atoms with van der Waals surface area (Å²) in [6.45, 7) is 8.26. The van der Waals surface area contributed by atoms with Crippen molar-refractivity contribution in [2.45, 2.75) is 20.3 Å². The van der Waals surface area contributed by atoms with Crippen LogP contribution in [0.5, 0.6) is 0 Å². The molecule has 0 aliphatic heterocycles. The van der Waals surface area contributed by atoms with Gasteiger partial charge >= 0.3 is 0 Å². The molecule has 12 heavy (non-hydrogen) atoms. The van der Waals surface area contributed by atoms with Crippen LogP contribution in [-0.4, -0.2) is 0 Å². The molecule has 0 aromatic rings. The molecule has 1 aliphatic carbocycles. The summed E-state index contributed by atoms with van der Waals surface area (Å²) in [6.07, 6.45) is 11.7. The molecule has 0 spiro atoms. The monoisotopic (exact) mass is 160 g/mol. The highest BCUT2D eigenvalue weighted by Gasteiger charge is 2.12. The Kier molecular flexibility index (Phi) is 3.09. The van der Waals surface area contributed by atoms with Gasteiger partial charge in [0.1, 0.15) is 0 Å². The minimum atomic E-state index is 0.534. The van der Waals surface area contributed by atoms with E-state index >= 15 is 0 Å². The van der Waals surface area contributed by atoms with Gasteiger partial charge in [0.2, 0.25) is 0 Å². The van der Waals surface area contributed by atoms with Crippen molar-refractivity contribution in [1.82, 2.24) is 0 Å². The van der Waals surface area contributed by atoms with Crippen molar-refractivity contribution in [3.8, 4) is 0 Å². The lowest BCUT2D eigenvalue weighted by Gasteiger charge is -2.18. The molecule has 0 amide bonds. The van der Waals surface area contributed by atoms with Crippen LogP contribution >= 0.6 is 0 Å². The minimum Gasteiger partial charge on any atom is -0.0952 e. The van der Waals surface area contributed by atoms with Crippen molar-refractivity contribution in [3.05, 3.63) is 48.1 Å². The topological polar surface area (TPSA) is 0 Å². The van der Waals surface area contributed by atoms with Gasteiger partial charge in [-0.25, -0.2) is 0 Å². The molecule has 0 radical (unpaired) electrons. The van der Waals surface area contributed by atoms with Crippen LogP contribution in [0.1, 0.15) is 20.3 Å². The van der Waals surface area contributed by atoms with E-state index in [0.717, 1.165) is 6.42 Å². The van der Waals surface area contributed by atoms with E-state index in [2.05, 4.69) is 37.8 Å². The fraction of sp³-hybridized carbons (Fsp3) is 0.333. The zero-order valence-electron chi connectivity index (χ0n) is 7.88. The van der Waals surface area contributed by atoms with Crippen LogP contribution in [0, 0.1) is 5.92 Å². The molecule has 0 saturated heterocycles. The molecule has 1 rings (SSSR count). The number of hydrogen-bond donors (Lipinski definition) is 0. The van der Waals surface area contributed by atoms with E-state index in [1.165, 1.54) is 11.1 Å². The fourth-order valence-corrected chi connectivity index (χ4v) is 1.51. The van der Waals surface area contributed by atoms with Crippen LogP contribution in [-0.2, 0) is 0 Å². The van der Waals surface area contributed by atoms with Gasteiger partial charge in [0.15, 0.2) is 0 Å². The Balaban J connectivity index is 2.71. The minimum absolute atomic E-state index is 0.534. The Morgan fingerprint density at radius 1 is 1.67 bits per heavy atom. The first-order chi connectivity index (χ1) is 5.75. The molecule has 1 unspecified atom stereocenters. The van der Waals surface area contributed by atoms with Gasteiger partial charge < -0.3 is 0 Å². The van der Waals surface area contributed by atoms with Crippen LogP contribution in [0.4, 0.5) is 0 Å². The molecule has 0 aromatic carbocycles. The molecule has 0 aromatic heterocycles. The van der Waals surface area contributed by atoms with Gasteiger partial charge in [-0.15, -0.1) is 0 Å². The highest BCUT2D eigenvalue weighted by Crippen LogP contribution is 2.26. The molecule has 1 atom stereocenters. The molecule has 1 aliphatic rings. The van der Waals surface area contributed by atoms with E-state index in [0.29, 0.717) is 5.92 Å². The molecule has 0 heteroatoms. The normalized spacial score (nSPS) is 22.8. The number of hydrogen-bond acceptors (Lipinski definition) is 0. The Hall–Kier alpha value is -1.04. The first-order valence-corrected chi connectivity index (χ1v) is 4.40. The second-order valence-corrected chi connectivity index (χ2v) is 3.20. The largest absolute Gasteiger partial charge is 0.0952 e. The van der Waals surface area contributed by atoms with E-state index in [-0.39, 0.29) is 0 Å². The van der Waals surface area contributed by atoms with Crippen LogP contribution in [0.2, 0.25) is 0 Å². The standard InChI is InChI=1S/C12H16/c1-4-7-10(2)12-9-6-5-8-11(12)3/h4-8,12H,2,9H2,1,3H3. The average molecular weight is 160 g/mol. The van der Waals surface area contributed by atoms with Crippen LogP contribution in [0.25, 0.3) is 0 Å². The van der Waals surface area contributed by atoms with Gasteiger partial charge in [-0.1, -0.05) is 42.5 Å². The smallest absolute Gasteiger partial charge is 0.00771 e.